The summed E-state index contributed by atoms with van der Waals surface area (Å²) in [5.41, 5.74) is 6.24. The zero-order valence-electron chi connectivity index (χ0n) is 10.9. The molecule has 0 unspecified atom stereocenters. The van der Waals surface area contributed by atoms with Crippen LogP contribution in [0.4, 0.5) is 5.82 Å². The highest BCUT2D eigenvalue weighted by Crippen LogP contribution is 2.20. The summed E-state index contributed by atoms with van der Waals surface area (Å²) in [6, 6.07) is 8.08. The van der Waals surface area contributed by atoms with Gasteiger partial charge in [-0.3, -0.25) is 4.68 Å². The number of aliphatic hydroxyl groups is 1. The molecular weight excluding hydrogens is 280 g/mol. The van der Waals surface area contributed by atoms with Crippen molar-refractivity contribution in [1.82, 2.24) is 14.5 Å². The highest BCUT2D eigenvalue weighted by molar-refractivity contribution is 7.89. The number of aromatic nitrogens is 2. The minimum atomic E-state index is -3.85. The molecule has 0 radical (unpaired) electrons. The number of aliphatic hydroxyl groups excluding tert-OH is 1. The van der Waals surface area contributed by atoms with Crippen molar-refractivity contribution in [3.8, 4) is 0 Å². The molecular formula is C12H16N4O3S. The van der Waals surface area contributed by atoms with E-state index < -0.39 is 16.1 Å². The SMILES string of the molecule is Cn1cc(S(=O)(=O)N[C@H](CO)c2ccccc2)c(N)n1. The Kier molecular flexibility index (Phi) is 4.07. The molecule has 2 aromatic rings. The highest BCUT2D eigenvalue weighted by atomic mass is 32.2. The van der Waals surface area contributed by atoms with Gasteiger partial charge in [-0.1, -0.05) is 30.3 Å². The first-order chi connectivity index (χ1) is 9.44. The fraction of sp³-hybridized carbons (Fsp3) is 0.250. The number of nitrogens with zero attached hydrogens (tertiary/aromatic N) is 2. The van der Waals surface area contributed by atoms with E-state index in [1.165, 1.54) is 10.9 Å². The van der Waals surface area contributed by atoms with Crippen LogP contribution in [-0.2, 0) is 17.1 Å². The number of sulfonamides is 1. The second kappa shape index (κ2) is 5.61. The zero-order valence-corrected chi connectivity index (χ0v) is 11.7. The molecule has 0 aliphatic rings. The van der Waals surface area contributed by atoms with Crippen LogP contribution in [0.1, 0.15) is 11.6 Å². The van der Waals surface area contributed by atoms with Gasteiger partial charge in [-0.25, -0.2) is 13.1 Å². The molecule has 4 N–H and O–H groups in total. The van der Waals surface area contributed by atoms with Crippen molar-refractivity contribution in [3.05, 3.63) is 42.1 Å². The van der Waals surface area contributed by atoms with E-state index in [2.05, 4.69) is 9.82 Å². The topological polar surface area (TPSA) is 110 Å². The Morgan fingerprint density at radius 2 is 2.05 bits per heavy atom. The monoisotopic (exact) mass is 296 g/mol. The average Bonchev–Trinajstić information content (AvgIpc) is 2.77. The molecule has 1 aromatic heterocycles. The molecule has 0 aliphatic heterocycles. The van der Waals surface area contributed by atoms with Crippen molar-refractivity contribution in [2.24, 2.45) is 7.05 Å². The lowest BCUT2D eigenvalue weighted by Gasteiger charge is -2.16. The summed E-state index contributed by atoms with van der Waals surface area (Å²) >= 11 is 0. The summed E-state index contributed by atoms with van der Waals surface area (Å²) < 4.78 is 28.2. The van der Waals surface area contributed by atoms with Gasteiger partial charge in [0.2, 0.25) is 10.0 Å². The number of hydrogen-bond acceptors (Lipinski definition) is 5. The van der Waals surface area contributed by atoms with E-state index in [9.17, 15) is 13.5 Å². The van der Waals surface area contributed by atoms with Crippen molar-refractivity contribution < 1.29 is 13.5 Å². The minimum absolute atomic E-state index is 0.0789. The molecule has 1 aromatic carbocycles. The van der Waals surface area contributed by atoms with Gasteiger partial charge >= 0.3 is 0 Å². The Balaban J connectivity index is 2.29. The second-order valence-electron chi connectivity index (χ2n) is 4.32. The summed E-state index contributed by atoms with van der Waals surface area (Å²) in [6.07, 6.45) is 1.32. The second-order valence-corrected chi connectivity index (χ2v) is 6.00. The number of benzene rings is 1. The fourth-order valence-electron chi connectivity index (χ4n) is 1.84. The Hall–Kier alpha value is -1.90. The third-order valence-corrected chi connectivity index (χ3v) is 4.28. The molecule has 1 heterocycles. The first kappa shape index (κ1) is 14.5. The van der Waals surface area contributed by atoms with Gasteiger partial charge in [0.25, 0.3) is 0 Å². The van der Waals surface area contributed by atoms with Crippen molar-refractivity contribution in [2.75, 3.05) is 12.3 Å². The van der Waals surface area contributed by atoms with E-state index in [1.807, 2.05) is 6.07 Å². The molecule has 7 nitrogen and oxygen atoms in total. The number of nitrogens with two attached hydrogens (primary N) is 1. The maximum Gasteiger partial charge on any atom is 0.246 e. The van der Waals surface area contributed by atoms with Gasteiger partial charge in [0.1, 0.15) is 4.90 Å². The molecule has 1 atom stereocenters. The van der Waals surface area contributed by atoms with Crippen LogP contribution in [0.25, 0.3) is 0 Å². The van der Waals surface area contributed by atoms with Gasteiger partial charge in [0.15, 0.2) is 5.82 Å². The van der Waals surface area contributed by atoms with E-state index in [4.69, 9.17) is 5.73 Å². The third-order valence-electron chi connectivity index (χ3n) is 2.79. The molecule has 0 saturated carbocycles. The van der Waals surface area contributed by atoms with Crippen molar-refractivity contribution in [1.29, 1.82) is 0 Å². The lowest BCUT2D eigenvalue weighted by Crippen LogP contribution is -2.31. The molecule has 0 fully saturated rings. The maximum absolute atomic E-state index is 12.3. The summed E-state index contributed by atoms with van der Waals surface area (Å²) in [5, 5.41) is 13.2. The molecule has 20 heavy (non-hydrogen) atoms. The van der Waals surface area contributed by atoms with Gasteiger partial charge < -0.3 is 10.8 Å². The average molecular weight is 296 g/mol. The van der Waals surface area contributed by atoms with Crippen LogP contribution >= 0.6 is 0 Å². The summed E-state index contributed by atoms with van der Waals surface area (Å²) in [5.74, 6) is -0.0789. The zero-order chi connectivity index (χ0) is 14.8. The number of hydrogen-bond donors (Lipinski definition) is 3. The lowest BCUT2D eigenvalue weighted by atomic mass is 10.1. The molecule has 0 amide bonds. The maximum atomic E-state index is 12.3. The van der Waals surface area contributed by atoms with E-state index >= 15 is 0 Å². The summed E-state index contributed by atoms with van der Waals surface area (Å²) in [7, 11) is -2.27. The van der Waals surface area contributed by atoms with E-state index in [0.717, 1.165) is 0 Å². The van der Waals surface area contributed by atoms with Gasteiger partial charge in [-0.15, -0.1) is 0 Å². The quantitative estimate of drug-likeness (QED) is 0.720. The van der Waals surface area contributed by atoms with E-state index in [-0.39, 0.29) is 17.3 Å². The fourth-order valence-corrected chi connectivity index (χ4v) is 3.16. The van der Waals surface area contributed by atoms with E-state index in [1.54, 1.807) is 31.3 Å². The van der Waals surface area contributed by atoms with Gasteiger partial charge in [0.05, 0.1) is 12.6 Å². The molecule has 0 saturated heterocycles. The Labute approximate surface area is 117 Å². The largest absolute Gasteiger partial charge is 0.394 e. The standard InChI is InChI=1S/C12H16N4O3S/c1-16-7-11(12(13)14-16)20(18,19)15-10(8-17)9-5-3-2-4-6-9/h2-7,10,15,17H,8H2,1H3,(H2,13,14)/t10-/m1/s1. The highest BCUT2D eigenvalue weighted by Gasteiger charge is 2.24. The lowest BCUT2D eigenvalue weighted by molar-refractivity contribution is 0.259. The Bertz CT molecular complexity index is 682. The van der Waals surface area contributed by atoms with Crippen LogP contribution in [0.5, 0.6) is 0 Å². The number of anilines is 1. The van der Waals surface area contributed by atoms with Gasteiger partial charge in [-0.2, -0.15) is 5.10 Å². The molecule has 108 valence electrons. The van der Waals surface area contributed by atoms with E-state index in [0.29, 0.717) is 5.56 Å². The first-order valence-electron chi connectivity index (χ1n) is 5.91. The molecule has 0 aliphatic carbocycles. The number of nitrogen functional groups attached to an aromatic ring is 1. The molecule has 0 bridgehead atoms. The predicted octanol–water partition coefficient (Wildman–Crippen LogP) is 0.0142. The number of nitrogens with one attached hydrogen (secondary N) is 1. The smallest absolute Gasteiger partial charge is 0.246 e. The normalized spacial score (nSPS) is 13.3. The number of rotatable bonds is 5. The Morgan fingerprint density at radius 3 is 2.55 bits per heavy atom. The van der Waals surface area contributed by atoms with Crippen LogP contribution in [0.15, 0.2) is 41.4 Å². The van der Waals surface area contributed by atoms with Gasteiger partial charge in [-0.05, 0) is 5.56 Å². The molecule has 8 heteroatoms. The van der Waals surface area contributed by atoms with Crippen LogP contribution in [0.3, 0.4) is 0 Å². The molecule has 0 spiro atoms. The van der Waals surface area contributed by atoms with Crippen molar-refractivity contribution >= 4 is 15.8 Å². The third kappa shape index (κ3) is 2.98. The predicted molar refractivity (Wildman–Crippen MR) is 74.2 cm³/mol. The van der Waals surface area contributed by atoms with Crippen LogP contribution in [0, 0.1) is 0 Å². The summed E-state index contributed by atoms with van der Waals surface area (Å²) in [4.78, 5) is -0.102. The minimum Gasteiger partial charge on any atom is -0.394 e. The van der Waals surface area contributed by atoms with Crippen molar-refractivity contribution in [3.63, 3.8) is 0 Å². The van der Waals surface area contributed by atoms with Crippen LogP contribution in [0.2, 0.25) is 0 Å². The van der Waals surface area contributed by atoms with Gasteiger partial charge in [0, 0.05) is 13.2 Å². The first-order valence-corrected chi connectivity index (χ1v) is 7.39. The van der Waals surface area contributed by atoms with Crippen LogP contribution in [-0.4, -0.2) is 29.9 Å². The Morgan fingerprint density at radius 1 is 1.40 bits per heavy atom. The summed E-state index contributed by atoms with van der Waals surface area (Å²) in [6.45, 7) is -0.358. The number of aryl methyl sites for hydroxylation is 1. The van der Waals surface area contributed by atoms with Crippen molar-refractivity contribution in [2.45, 2.75) is 10.9 Å². The molecule has 2 rings (SSSR count). The van der Waals surface area contributed by atoms with Crippen LogP contribution < -0.4 is 10.5 Å².